The minimum atomic E-state index is -0.465. The van der Waals surface area contributed by atoms with Gasteiger partial charge in [-0.15, -0.1) is 0 Å². The molecule has 1 N–H and O–H groups in total. The van der Waals surface area contributed by atoms with Gasteiger partial charge < -0.3 is 14.8 Å². The van der Waals surface area contributed by atoms with Crippen LogP contribution in [0.15, 0.2) is 36.5 Å². The molecule has 0 bridgehead atoms. The first kappa shape index (κ1) is 13.1. The predicted octanol–water partition coefficient (Wildman–Crippen LogP) is 2.79. The van der Waals surface area contributed by atoms with Gasteiger partial charge in [0, 0.05) is 6.20 Å². The molecule has 1 fully saturated rings. The molecule has 1 aromatic carbocycles. The lowest BCUT2D eigenvalue weighted by Gasteiger charge is -2.16. The van der Waals surface area contributed by atoms with Gasteiger partial charge in [0.2, 0.25) is 12.7 Å². The molecule has 112 valence electrons. The van der Waals surface area contributed by atoms with Crippen LogP contribution in [0.5, 0.6) is 11.5 Å². The maximum atomic E-state index is 12.7. The molecule has 2 aromatic rings. The van der Waals surface area contributed by atoms with Crippen LogP contribution in [0.25, 0.3) is 0 Å². The molecule has 1 aromatic heterocycles. The monoisotopic (exact) mass is 296 g/mol. The Kier molecular flexibility index (Phi) is 2.82. The summed E-state index contributed by atoms with van der Waals surface area (Å²) in [6, 6.07) is 9.49. The highest BCUT2D eigenvalue weighted by molar-refractivity contribution is 6.01. The molecular formula is C17H16N2O3. The van der Waals surface area contributed by atoms with Gasteiger partial charge in [-0.05, 0) is 49.1 Å². The van der Waals surface area contributed by atoms with Crippen LogP contribution in [-0.2, 0) is 10.2 Å². The molecule has 1 aliphatic heterocycles. The van der Waals surface area contributed by atoms with Gasteiger partial charge in [0.15, 0.2) is 11.5 Å². The fraction of sp³-hybridized carbons (Fsp3) is 0.294. The molecular weight excluding hydrogens is 280 g/mol. The van der Waals surface area contributed by atoms with Gasteiger partial charge in [-0.25, -0.2) is 4.98 Å². The number of anilines is 1. The molecule has 2 heterocycles. The van der Waals surface area contributed by atoms with Crippen LogP contribution in [0, 0.1) is 6.92 Å². The van der Waals surface area contributed by atoms with Crippen molar-refractivity contribution in [1.29, 1.82) is 0 Å². The number of carbonyl (C=O) groups excluding carboxylic acids is 1. The molecule has 4 rings (SSSR count). The molecule has 0 atom stereocenters. The molecule has 0 saturated heterocycles. The number of nitrogens with zero attached hydrogens (tertiary/aromatic N) is 1. The summed E-state index contributed by atoms with van der Waals surface area (Å²) >= 11 is 0. The summed E-state index contributed by atoms with van der Waals surface area (Å²) in [5.41, 5.74) is 1.57. The Morgan fingerprint density at radius 1 is 1.18 bits per heavy atom. The first-order valence-corrected chi connectivity index (χ1v) is 7.32. The van der Waals surface area contributed by atoms with Gasteiger partial charge in [-0.2, -0.15) is 0 Å². The molecule has 5 nitrogen and oxygen atoms in total. The standard InChI is InChI=1S/C17H16N2O3/c1-11-2-5-15(18-9-11)19-16(20)17(6-7-17)12-3-4-13-14(8-12)22-10-21-13/h2-5,8-9H,6-7,10H2,1H3,(H,18,19,20). The summed E-state index contributed by atoms with van der Waals surface area (Å²) in [7, 11) is 0. The normalized spacial score (nSPS) is 17.1. The van der Waals surface area contributed by atoms with Gasteiger partial charge in [0.1, 0.15) is 5.82 Å². The summed E-state index contributed by atoms with van der Waals surface area (Å²) in [5.74, 6) is 2.02. The minimum Gasteiger partial charge on any atom is -0.454 e. The number of ether oxygens (including phenoxy) is 2. The number of carbonyl (C=O) groups is 1. The van der Waals surface area contributed by atoms with Crippen LogP contribution >= 0.6 is 0 Å². The molecule has 22 heavy (non-hydrogen) atoms. The SMILES string of the molecule is Cc1ccc(NC(=O)C2(c3ccc4c(c3)OCO4)CC2)nc1. The van der Waals surface area contributed by atoms with E-state index in [1.54, 1.807) is 6.20 Å². The molecule has 1 amide bonds. The average Bonchev–Trinajstić information content (AvgIpc) is 3.21. The smallest absolute Gasteiger partial charge is 0.236 e. The maximum Gasteiger partial charge on any atom is 0.236 e. The van der Waals surface area contributed by atoms with Crippen molar-refractivity contribution in [3.63, 3.8) is 0 Å². The molecule has 0 radical (unpaired) electrons. The third-order valence-corrected chi connectivity index (χ3v) is 4.26. The van der Waals surface area contributed by atoms with Crippen LogP contribution < -0.4 is 14.8 Å². The summed E-state index contributed by atoms with van der Waals surface area (Å²) in [6.45, 7) is 2.21. The predicted molar refractivity (Wildman–Crippen MR) is 81.1 cm³/mol. The second-order valence-corrected chi connectivity index (χ2v) is 5.83. The summed E-state index contributed by atoms with van der Waals surface area (Å²) in [4.78, 5) is 16.9. The first-order chi connectivity index (χ1) is 10.7. The fourth-order valence-electron chi connectivity index (χ4n) is 2.74. The van der Waals surface area contributed by atoms with E-state index in [1.165, 1.54) is 0 Å². The summed E-state index contributed by atoms with van der Waals surface area (Å²) in [6.07, 6.45) is 3.42. The molecule has 1 saturated carbocycles. The van der Waals surface area contributed by atoms with Crippen LogP contribution in [0.1, 0.15) is 24.0 Å². The number of hydrogen-bond donors (Lipinski definition) is 1. The molecule has 2 aliphatic rings. The Labute approximate surface area is 128 Å². The largest absolute Gasteiger partial charge is 0.454 e. The Balaban J connectivity index is 1.58. The lowest BCUT2D eigenvalue weighted by Crippen LogP contribution is -2.28. The van der Waals surface area contributed by atoms with Crippen LogP contribution in [-0.4, -0.2) is 17.7 Å². The van der Waals surface area contributed by atoms with Crippen molar-refractivity contribution in [2.45, 2.75) is 25.2 Å². The van der Waals surface area contributed by atoms with Gasteiger partial charge >= 0.3 is 0 Å². The van der Waals surface area contributed by atoms with Crippen molar-refractivity contribution >= 4 is 11.7 Å². The lowest BCUT2D eigenvalue weighted by atomic mass is 9.94. The van der Waals surface area contributed by atoms with E-state index in [2.05, 4.69) is 10.3 Å². The van der Waals surface area contributed by atoms with E-state index in [1.807, 2.05) is 37.3 Å². The van der Waals surface area contributed by atoms with Crippen molar-refractivity contribution < 1.29 is 14.3 Å². The number of aryl methyl sites for hydroxylation is 1. The van der Waals surface area contributed by atoms with E-state index >= 15 is 0 Å². The highest BCUT2D eigenvalue weighted by Gasteiger charge is 2.51. The molecule has 0 unspecified atom stereocenters. The van der Waals surface area contributed by atoms with Gasteiger partial charge in [-0.1, -0.05) is 12.1 Å². The van der Waals surface area contributed by atoms with Gasteiger partial charge in [0.25, 0.3) is 0 Å². The zero-order valence-electron chi connectivity index (χ0n) is 12.3. The van der Waals surface area contributed by atoms with E-state index in [9.17, 15) is 4.79 Å². The Bertz CT molecular complexity index is 736. The van der Waals surface area contributed by atoms with Crippen molar-refractivity contribution in [3.8, 4) is 11.5 Å². The topological polar surface area (TPSA) is 60.5 Å². The number of rotatable bonds is 3. The number of benzene rings is 1. The second kappa shape index (κ2) is 4.73. The second-order valence-electron chi connectivity index (χ2n) is 5.83. The maximum absolute atomic E-state index is 12.7. The summed E-state index contributed by atoms with van der Waals surface area (Å²) in [5, 5.41) is 2.92. The number of nitrogens with one attached hydrogen (secondary N) is 1. The number of fused-ring (bicyclic) bond motifs is 1. The number of hydrogen-bond acceptors (Lipinski definition) is 4. The number of aromatic nitrogens is 1. The highest BCUT2D eigenvalue weighted by atomic mass is 16.7. The van der Waals surface area contributed by atoms with E-state index in [0.29, 0.717) is 11.6 Å². The van der Waals surface area contributed by atoms with Crippen molar-refractivity contribution in [2.75, 3.05) is 12.1 Å². The van der Waals surface area contributed by atoms with E-state index in [-0.39, 0.29) is 12.7 Å². The molecule has 0 spiro atoms. The number of pyridine rings is 1. The van der Waals surface area contributed by atoms with Crippen molar-refractivity contribution in [1.82, 2.24) is 4.98 Å². The van der Waals surface area contributed by atoms with Crippen LogP contribution in [0.3, 0.4) is 0 Å². The highest BCUT2D eigenvalue weighted by Crippen LogP contribution is 2.51. The third kappa shape index (κ3) is 2.09. The Hall–Kier alpha value is -2.56. The average molecular weight is 296 g/mol. The van der Waals surface area contributed by atoms with E-state index in [4.69, 9.17) is 9.47 Å². The van der Waals surface area contributed by atoms with Crippen LogP contribution in [0.4, 0.5) is 5.82 Å². The molecule has 1 aliphatic carbocycles. The van der Waals surface area contributed by atoms with Gasteiger partial charge in [-0.3, -0.25) is 4.79 Å². The first-order valence-electron chi connectivity index (χ1n) is 7.32. The van der Waals surface area contributed by atoms with E-state index < -0.39 is 5.41 Å². The molecule has 5 heteroatoms. The fourth-order valence-corrected chi connectivity index (χ4v) is 2.74. The zero-order chi connectivity index (χ0) is 15.2. The summed E-state index contributed by atoms with van der Waals surface area (Å²) < 4.78 is 10.7. The van der Waals surface area contributed by atoms with Crippen molar-refractivity contribution in [3.05, 3.63) is 47.7 Å². The number of amides is 1. The Morgan fingerprint density at radius 3 is 2.73 bits per heavy atom. The van der Waals surface area contributed by atoms with E-state index in [0.717, 1.165) is 29.7 Å². The Morgan fingerprint density at radius 2 is 2.00 bits per heavy atom. The third-order valence-electron chi connectivity index (χ3n) is 4.26. The zero-order valence-corrected chi connectivity index (χ0v) is 12.3. The lowest BCUT2D eigenvalue weighted by molar-refractivity contribution is -0.118. The van der Waals surface area contributed by atoms with Gasteiger partial charge in [0.05, 0.1) is 5.41 Å². The van der Waals surface area contributed by atoms with Crippen molar-refractivity contribution in [2.24, 2.45) is 0 Å². The quantitative estimate of drug-likeness (QED) is 0.946. The minimum absolute atomic E-state index is 0.0114. The van der Waals surface area contributed by atoms with Crippen LogP contribution in [0.2, 0.25) is 0 Å².